The fraction of sp³-hybridized carbons (Fsp3) is 0.500. The first kappa shape index (κ1) is 9.27. The van der Waals surface area contributed by atoms with Gasteiger partial charge in [-0.25, -0.2) is 0 Å². The second-order valence-electron chi connectivity index (χ2n) is 3.50. The van der Waals surface area contributed by atoms with Crippen LogP contribution in [0.25, 0.3) is 0 Å². The Bertz CT molecular complexity index is 285. The highest BCUT2D eigenvalue weighted by atomic mass is 16.3. The van der Waals surface area contributed by atoms with Gasteiger partial charge in [0.1, 0.15) is 5.76 Å². The summed E-state index contributed by atoms with van der Waals surface area (Å²) in [6, 6.07) is 4.19. The monoisotopic (exact) mass is 194 g/mol. The molecule has 4 nitrogen and oxygen atoms in total. The van der Waals surface area contributed by atoms with Gasteiger partial charge in [-0.3, -0.25) is 4.79 Å². The van der Waals surface area contributed by atoms with Crippen molar-refractivity contribution in [3.8, 4) is 0 Å². The summed E-state index contributed by atoms with van der Waals surface area (Å²) in [5.41, 5.74) is 0. The Hall–Kier alpha value is -1.29. The average molecular weight is 194 g/mol. The molecule has 1 unspecified atom stereocenters. The van der Waals surface area contributed by atoms with E-state index in [9.17, 15) is 4.79 Å². The second kappa shape index (κ2) is 4.28. The van der Waals surface area contributed by atoms with E-state index in [1.165, 1.54) is 0 Å². The van der Waals surface area contributed by atoms with Crippen molar-refractivity contribution in [2.45, 2.75) is 25.4 Å². The lowest BCUT2D eigenvalue weighted by molar-refractivity contribution is -0.122. The molecule has 1 aliphatic heterocycles. The number of carbonyl (C=O) groups excluding carboxylic acids is 1. The predicted octanol–water partition coefficient (Wildman–Crippen LogP) is 0.648. The minimum atomic E-state index is 0.154. The van der Waals surface area contributed by atoms with Gasteiger partial charge in [-0.1, -0.05) is 0 Å². The van der Waals surface area contributed by atoms with Gasteiger partial charge < -0.3 is 15.1 Å². The number of carbonyl (C=O) groups is 1. The number of amides is 1. The minimum absolute atomic E-state index is 0.154. The molecule has 0 saturated carbocycles. The molecule has 4 heteroatoms. The molecule has 0 bridgehead atoms. The molecule has 1 aromatic rings. The van der Waals surface area contributed by atoms with Gasteiger partial charge >= 0.3 is 0 Å². The smallest absolute Gasteiger partial charge is 0.220 e. The van der Waals surface area contributed by atoms with Gasteiger partial charge in [0.2, 0.25) is 5.91 Å². The van der Waals surface area contributed by atoms with Crippen LogP contribution in [0.15, 0.2) is 22.8 Å². The molecule has 2 rings (SSSR count). The van der Waals surface area contributed by atoms with E-state index in [4.69, 9.17) is 4.42 Å². The van der Waals surface area contributed by atoms with Crippen LogP contribution in [-0.2, 0) is 11.3 Å². The van der Waals surface area contributed by atoms with Crippen molar-refractivity contribution in [1.29, 1.82) is 0 Å². The zero-order valence-corrected chi connectivity index (χ0v) is 7.95. The van der Waals surface area contributed by atoms with Gasteiger partial charge in [0, 0.05) is 19.0 Å². The van der Waals surface area contributed by atoms with E-state index >= 15 is 0 Å². The molecule has 1 aromatic heterocycles. The van der Waals surface area contributed by atoms with E-state index in [1.807, 2.05) is 12.1 Å². The molecule has 0 aliphatic carbocycles. The van der Waals surface area contributed by atoms with Gasteiger partial charge in [-0.05, 0) is 18.6 Å². The first-order valence-electron chi connectivity index (χ1n) is 4.87. The third-order valence-electron chi connectivity index (χ3n) is 2.41. The Morgan fingerprint density at radius 1 is 1.64 bits per heavy atom. The summed E-state index contributed by atoms with van der Waals surface area (Å²) in [6.45, 7) is 1.45. The SMILES string of the molecule is O=C1CCC(NCc2ccco2)CN1. The van der Waals surface area contributed by atoms with Crippen LogP contribution in [0.1, 0.15) is 18.6 Å². The summed E-state index contributed by atoms with van der Waals surface area (Å²) >= 11 is 0. The number of rotatable bonds is 3. The van der Waals surface area contributed by atoms with Gasteiger partial charge in [0.05, 0.1) is 12.8 Å². The normalized spacial score (nSPS) is 22.0. The molecular weight excluding hydrogens is 180 g/mol. The second-order valence-corrected chi connectivity index (χ2v) is 3.50. The van der Waals surface area contributed by atoms with Gasteiger partial charge in [-0.15, -0.1) is 0 Å². The van der Waals surface area contributed by atoms with Crippen molar-refractivity contribution in [3.05, 3.63) is 24.2 Å². The van der Waals surface area contributed by atoms with Gasteiger partial charge in [-0.2, -0.15) is 0 Å². The molecule has 1 aliphatic rings. The van der Waals surface area contributed by atoms with Crippen molar-refractivity contribution in [1.82, 2.24) is 10.6 Å². The third-order valence-corrected chi connectivity index (χ3v) is 2.41. The highest BCUT2D eigenvalue weighted by molar-refractivity contribution is 5.76. The Morgan fingerprint density at radius 3 is 3.21 bits per heavy atom. The molecule has 1 atom stereocenters. The maximum Gasteiger partial charge on any atom is 0.220 e. The maximum atomic E-state index is 10.9. The molecular formula is C10H14N2O2. The summed E-state index contributed by atoms with van der Waals surface area (Å²) < 4.78 is 5.20. The van der Waals surface area contributed by atoms with Crippen LogP contribution in [-0.4, -0.2) is 18.5 Å². The van der Waals surface area contributed by atoms with E-state index < -0.39 is 0 Å². The zero-order valence-electron chi connectivity index (χ0n) is 7.95. The molecule has 0 radical (unpaired) electrons. The van der Waals surface area contributed by atoms with E-state index in [2.05, 4.69) is 10.6 Å². The van der Waals surface area contributed by atoms with Crippen LogP contribution >= 0.6 is 0 Å². The lowest BCUT2D eigenvalue weighted by Crippen LogP contribution is -2.45. The van der Waals surface area contributed by atoms with Gasteiger partial charge in [0.25, 0.3) is 0 Å². The number of hydrogen-bond donors (Lipinski definition) is 2. The Labute approximate surface area is 82.7 Å². The molecule has 2 heterocycles. The minimum Gasteiger partial charge on any atom is -0.468 e. The zero-order chi connectivity index (χ0) is 9.80. The van der Waals surface area contributed by atoms with E-state index in [1.54, 1.807) is 6.26 Å². The van der Waals surface area contributed by atoms with Crippen LogP contribution in [0.5, 0.6) is 0 Å². The Kier molecular flexibility index (Phi) is 2.84. The molecule has 0 aromatic carbocycles. The highest BCUT2D eigenvalue weighted by Gasteiger charge is 2.17. The van der Waals surface area contributed by atoms with Crippen molar-refractivity contribution >= 4 is 5.91 Å². The first-order valence-corrected chi connectivity index (χ1v) is 4.87. The molecule has 0 spiro atoms. The summed E-state index contributed by atoms with van der Waals surface area (Å²) in [7, 11) is 0. The quantitative estimate of drug-likeness (QED) is 0.742. The van der Waals surface area contributed by atoms with E-state index in [-0.39, 0.29) is 5.91 Å². The van der Waals surface area contributed by atoms with Crippen LogP contribution in [0, 0.1) is 0 Å². The summed E-state index contributed by atoms with van der Waals surface area (Å²) in [6.07, 6.45) is 3.20. The van der Waals surface area contributed by atoms with Crippen molar-refractivity contribution in [2.75, 3.05) is 6.54 Å². The largest absolute Gasteiger partial charge is 0.468 e. The molecule has 76 valence electrons. The third kappa shape index (κ3) is 2.35. The fourth-order valence-corrected chi connectivity index (χ4v) is 1.57. The van der Waals surface area contributed by atoms with Gasteiger partial charge in [0.15, 0.2) is 0 Å². The van der Waals surface area contributed by atoms with Crippen LogP contribution in [0.2, 0.25) is 0 Å². The number of piperidine rings is 1. The lowest BCUT2D eigenvalue weighted by Gasteiger charge is -2.22. The summed E-state index contributed by atoms with van der Waals surface area (Å²) in [5.74, 6) is 1.09. The molecule has 2 N–H and O–H groups in total. The number of hydrogen-bond acceptors (Lipinski definition) is 3. The number of furan rings is 1. The predicted molar refractivity (Wildman–Crippen MR) is 51.6 cm³/mol. The van der Waals surface area contributed by atoms with Crippen molar-refractivity contribution < 1.29 is 9.21 Å². The Balaban J connectivity index is 1.73. The lowest BCUT2D eigenvalue weighted by atomic mass is 10.1. The van der Waals surface area contributed by atoms with Crippen LogP contribution in [0.4, 0.5) is 0 Å². The number of nitrogens with one attached hydrogen (secondary N) is 2. The topological polar surface area (TPSA) is 54.3 Å². The van der Waals surface area contributed by atoms with Crippen LogP contribution < -0.4 is 10.6 Å². The summed E-state index contributed by atoms with van der Waals surface area (Å²) in [4.78, 5) is 10.9. The molecule has 1 saturated heterocycles. The fourth-order valence-electron chi connectivity index (χ4n) is 1.57. The highest BCUT2D eigenvalue weighted by Crippen LogP contribution is 2.05. The Morgan fingerprint density at radius 2 is 2.57 bits per heavy atom. The van der Waals surface area contributed by atoms with E-state index in [0.29, 0.717) is 12.5 Å². The standard InChI is InChI=1S/C10H14N2O2/c13-10-4-3-8(6-12-10)11-7-9-2-1-5-14-9/h1-2,5,8,11H,3-4,6-7H2,(H,12,13). The summed E-state index contributed by atoms with van der Waals surface area (Å²) in [5, 5.41) is 6.17. The van der Waals surface area contributed by atoms with Crippen molar-refractivity contribution in [3.63, 3.8) is 0 Å². The molecule has 1 fully saturated rings. The van der Waals surface area contributed by atoms with Crippen LogP contribution in [0.3, 0.4) is 0 Å². The maximum absolute atomic E-state index is 10.9. The average Bonchev–Trinajstić information content (AvgIpc) is 2.70. The van der Waals surface area contributed by atoms with E-state index in [0.717, 1.165) is 25.3 Å². The molecule has 1 amide bonds. The first-order chi connectivity index (χ1) is 6.84. The molecule has 14 heavy (non-hydrogen) atoms. The van der Waals surface area contributed by atoms with Crippen molar-refractivity contribution in [2.24, 2.45) is 0 Å².